The average molecular weight is 250 g/mol. The maximum atomic E-state index is 12.3. The van der Waals surface area contributed by atoms with E-state index < -0.39 is 51.1 Å². The summed E-state index contributed by atoms with van der Waals surface area (Å²) < 4.78 is 72.9. The van der Waals surface area contributed by atoms with Gasteiger partial charge in [0.15, 0.2) is 5.60 Å². The largest absolute Gasteiger partial charge is 0.492 e. The highest BCUT2D eigenvalue weighted by molar-refractivity contribution is 6.58. The van der Waals surface area contributed by atoms with Crippen LogP contribution < -0.4 is 0 Å². The van der Waals surface area contributed by atoms with Crippen LogP contribution in [0.3, 0.4) is 0 Å². The van der Waals surface area contributed by atoms with Crippen molar-refractivity contribution >= 4 is 6.98 Å². The number of hydrogen-bond donors (Lipinski definition) is 1. The molecule has 0 radical (unpaired) electrons. The minimum atomic E-state index is -5.03. The Morgan fingerprint density at radius 2 is 1.56 bits per heavy atom. The van der Waals surface area contributed by atoms with Crippen LogP contribution in [0, 0.1) is 0 Å². The first-order valence-electron chi connectivity index (χ1n) is 4.76. The molecule has 1 aliphatic rings. The molecule has 0 aromatic carbocycles. The molecule has 1 fully saturated rings. The van der Waals surface area contributed by atoms with E-state index in [4.69, 9.17) is 0 Å². The zero-order valence-electron chi connectivity index (χ0n) is 8.28. The van der Waals surface area contributed by atoms with E-state index in [1.807, 2.05) is 0 Å². The van der Waals surface area contributed by atoms with Crippen molar-refractivity contribution < 1.29 is 31.2 Å². The molecule has 0 atom stereocenters. The summed E-state index contributed by atoms with van der Waals surface area (Å²) in [5.41, 5.74) is -2.83. The predicted molar refractivity (Wildman–Crippen MR) is 45.8 cm³/mol. The van der Waals surface area contributed by atoms with Gasteiger partial charge in [0, 0.05) is 0 Å². The summed E-state index contributed by atoms with van der Waals surface area (Å²) in [6, 6.07) is 0. The first-order valence-corrected chi connectivity index (χ1v) is 4.76. The van der Waals surface area contributed by atoms with Gasteiger partial charge in [-0.25, -0.2) is 0 Å². The van der Waals surface area contributed by atoms with Gasteiger partial charge in [-0.3, -0.25) is 0 Å². The maximum Gasteiger partial charge on any atom is 0.492 e. The second-order valence-corrected chi connectivity index (χ2v) is 4.04. The van der Waals surface area contributed by atoms with Crippen LogP contribution in [0.5, 0.6) is 0 Å². The maximum absolute atomic E-state index is 12.3. The van der Waals surface area contributed by atoms with E-state index in [0.29, 0.717) is 0 Å². The summed E-state index contributed by atoms with van der Waals surface area (Å²) >= 11 is 0. The SMILES string of the molecule is OC1(C(F)(F)F)CCN(C[B-](F)(F)F)CC1. The number of nitrogens with zero attached hydrogens (tertiary/aromatic N) is 1. The Balaban J connectivity index is 2.52. The number of piperidine rings is 1. The lowest BCUT2D eigenvalue weighted by Crippen LogP contribution is -2.55. The fourth-order valence-corrected chi connectivity index (χ4v) is 1.68. The Hall–Kier alpha value is -0.435. The number of likely N-dealkylation sites (tertiary alicyclic amines) is 1. The number of aliphatic hydroxyl groups is 1. The lowest BCUT2D eigenvalue weighted by atomic mass is 9.86. The Labute approximate surface area is 88.3 Å². The monoisotopic (exact) mass is 250 g/mol. The highest BCUT2D eigenvalue weighted by Crippen LogP contribution is 2.38. The number of rotatable bonds is 2. The molecule has 1 heterocycles. The molecule has 0 aromatic rings. The van der Waals surface area contributed by atoms with E-state index in [1.165, 1.54) is 0 Å². The van der Waals surface area contributed by atoms with Crippen molar-refractivity contribution in [3.8, 4) is 0 Å². The normalized spacial score (nSPS) is 23.4. The van der Waals surface area contributed by atoms with Crippen molar-refractivity contribution in [3.63, 3.8) is 0 Å². The van der Waals surface area contributed by atoms with Crippen LogP contribution in [-0.2, 0) is 0 Å². The van der Waals surface area contributed by atoms with Gasteiger partial charge < -0.3 is 23.0 Å². The third kappa shape index (κ3) is 3.28. The van der Waals surface area contributed by atoms with Crippen molar-refractivity contribution in [3.05, 3.63) is 0 Å². The van der Waals surface area contributed by atoms with Crippen LogP contribution in [0.2, 0.25) is 0 Å². The summed E-state index contributed by atoms with van der Waals surface area (Å²) in [6.45, 7) is -5.81. The molecule has 1 rings (SSSR count). The molecule has 0 aliphatic carbocycles. The molecular formula is C7H11BF6NO-. The van der Waals surface area contributed by atoms with Gasteiger partial charge in [-0.05, 0) is 32.4 Å². The van der Waals surface area contributed by atoms with Crippen LogP contribution in [0.25, 0.3) is 0 Å². The molecule has 2 nitrogen and oxygen atoms in total. The standard InChI is InChI=1S/C7H11BF6NO/c9-7(10,11)6(16)1-3-15(4-2-6)5-8(12,13)14/h16H,1-5H2/q-1. The van der Waals surface area contributed by atoms with Crippen LogP contribution in [0.15, 0.2) is 0 Å². The van der Waals surface area contributed by atoms with Gasteiger partial charge in [-0.2, -0.15) is 13.2 Å². The third-order valence-corrected chi connectivity index (χ3v) is 2.68. The number of alkyl halides is 3. The Kier molecular flexibility index (Phi) is 3.49. The van der Waals surface area contributed by atoms with Crippen LogP contribution >= 0.6 is 0 Å². The summed E-state index contributed by atoms with van der Waals surface area (Å²) in [6.07, 6.45) is -7.36. The van der Waals surface area contributed by atoms with Crippen molar-refractivity contribution in [1.82, 2.24) is 4.90 Å². The minimum Gasteiger partial charge on any atom is -0.448 e. The van der Waals surface area contributed by atoms with Gasteiger partial charge in [0.05, 0.1) is 0 Å². The average Bonchev–Trinajstić information content (AvgIpc) is 2.05. The molecule has 0 unspecified atom stereocenters. The summed E-state index contributed by atoms with van der Waals surface area (Å²) in [4.78, 5) is 0.889. The Morgan fingerprint density at radius 3 is 1.88 bits per heavy atom. The van der Waals surface area contributed by atoms with E-state index in [2.05, 4.69) is 0 Å². The van der Waals surface area contributed by atoms with Gasteiger partial charge in [-0.15, -0.1) is 0 Å². The quantitative estimate of drug-likeness (QED) is 0.596. The van der Waals surface area contributed by atoms with Gasteiger partial charge in [0.1, 0.15) is 0 Å². The second kappa shape index (κ2) is 4.10. The molecule has 0 bridgehead atoms. The van der Waals surface area contributed by atoms with E-state index in [-0.39, 0.29) is 0 Å². The van der Waals surface area contributed by atoms with E-state index in [1.54, 1.807) is 0 Å². The number of halogens is 6. The Bertz CT molecular complexity index is 244. The molecule has 1 aliphatic heterocycles. The third-order valence-electron chi connectivity index (χ3n) is 2.68. The van der Waals surface area contributed by atoms with Crippen molar-refractivity contribution in [2.75, 3.05) is 19.5 Å². The first-order chi connectivity index (χ1) is 7.04. The molecule has 1 saturated heterocycles. The van der Waals surface area contributed by atoms with Gasteiger partial charge in [0.25, 0.3) is 0 Å². The molecule has 0 aromatic heterocycles. The van der Waals surface area contributed by atoms with E-state index >= 15 is 0 Å². The van der Waals surface area contributed by atoms with Gasteiger partial charge >= 0.3 is 13.2 Å². The summed E-state index contributed by atoms with van der Waals surface area (Å²) in [5.74, 6) is 0. The molecule has 0 spiro atoms. The summed E-state index contributed by atoms with van der Waals surface area (Å²) in [5, 5.41) is 9.20. The second-order valence-electron chi connectivity index (χ2n) is 4.04. The predicted octanol–water partition coefficient (Wildman–Crippen LogP) is 1.76. The zero-order valence-corrected chi connectivity index (χ0v) is 8.28. The van der Waals surface area contributed by atoms with Crippen molar-refractivity contribution in [2.45, 2.75) is 24.6 Å². The minimum absolute atomic E-state index is 0.392. The topological polar surface area (TPSA) is 23.5 Å². The zero-order chi connectivity index (χ0) is 12.6. The molecular weight excluding hydrogens is 239 g/mol. The lowest BCUT2D eigenvalue weighted by molar-refractivity contribution is -0.272. The first kappa shape index (κ1) is 13.6. The van der Waals surface area contributed by atoms with Crippen LogP contribution in [-0.4, -0.2) is 48.3 Å². The molecule has 16 heavy (non-hydrogen) atoms. The van der Waals surface area contributed by atoms with Crippen LogP contribution in [0.4, 0.5) is 26.1 Å². The number of hydrogen-bond acceptors (Lipinski definition) is 2. The van der Waals surface area contributed by atoms with Crippen molar-refractivity contribution in [1.29, 1.82) is 0 Å². The molecule has 9 heteroatoms. The summed E-state index contributed by atoms with van der Waals surface area (Å²) in [7, 11) is 0. The smallest absolute Gasteiger partial charge is 0.448 e. The van der Waals surface area contributed by atoms with Gasteiger partial charge in [-0.1, -0.05) is 0 Å². The highest BCUT2D eigenvalue weighted by Gasteiger charge is 2.54. The molecule has 0 amide bonds. The fraction of sp³-hybridized carbons (Fsp3) is 1.00. The molecule has 1 N–H and O–H groups in total. The van der Waals surface area contributed by atoms with E-state index in [9.17, 15) is 31.2 Å². The van der Waals surface area contributed by atoms with E-state index in [0.717, 1.165) is 4.90 Å². The van der Waals surface area contributed by atoms with Crippen molar-refractivity contribution in [2.24, 2.45) is 0 Å². The van der Waals surface area contributed by atoms with Gasteiger partial charge in [0.2, 0.25) is 0 Å². The fourth-order valence-electron chi connectivity index (χ4n) is 1.68. The molecule has 0 saturated carbocycles. The molecule has 96 valence electrons. The Morgan fingerprint density at radius 1 is 1.12 bits per heavy atom. The van der Waals surface area contributed by atoms with Crippen LogP contribution in [0.1, 0.15) is 12.8 Å². The highest BCUT2D eigenvalue weighted by atomic mass is 19.4. The lowest BCUT2D eigenvalue weighted by Gasteiger charge is -2.40.